The number of fused-ring (bicyclic) bond motifs is 4. The third kappa shape index (κ3) is 7.50. The Morgan fingerprint density at radius 3 is 2.37 bits per heavy atom. The summed E-state index contributed by atoms with van der Waals surface area (Å²) < 4.78 is 49.6. The largest absolute Gasteiger partial charge is 0.501 e. The van der Waals surface area contributed by atoms with Gasteiger partial charge < -0.3 is 14.4 Å². The van der Waals surface area contributed by atoms with E-state index in [9.17, 15) is 0 Å². The first-order chi connectivity index (χ1) is 26.8. The summed E-state index contributed by atoms with van der Waals surface area (Å²) in [7, 11) is -1.53. The van der Waals surface area contributed by atoms with E-state index in [0.717, 1.165) is 51.6 Å². The Hall–Kier alpha value is -4.15. The molecule has 9 rings (SSSR count). The van der Waals surface area contributed by atoms with Gasteiger partial charge in [-0.05, 0) is 84.2 Å². The Kier molecular flexibility index (Phi) is 9.24. The first-order valence-corrected chi connectivity index (χ1v) is 21.7. The molecule has 265 valence electrons. The molecule has 0 unspecified atom stereocenters. The van der Waals surface area contributed by atoms with E-state index in [2.05, 4.69) is 73.3 Å². The Balaban J connectivity index is 0.000000183. The Morgan fingerprint density at radius 2 is 1.58 bits per heavy atom. The molecule has 0 atom stereocenters. The Bertz CT molecular complexity index is 2530. The summed E-state index contributed by atoms with van der Waals surface area (Å²) in [6, 6.07) is 38.2. The van der Waals surface area contributed by atoms with E-state index in [1.54, 1.807) is 18.3 Å². The van der Waals surface area contributed by atoms with Crippen LogP contribution in [0.5, 0.6) is 0 Å². The van der Waals surface area contributed by atoms with Gasteiger partial charge in [0.2, 0.25) is 0 Å². The fraction of sp³-hybridized carbons (Fsp3) is 0.277. The maximum Gasteiger partial charge on any atom is 0.121 e. The predicted molar refractivity (Wildman–Crippen MR) is 215 cm³/mol. The monoisotopic (exact) mass is 880 g/mol. The van der Waals surface area contributed by atoms with Crippen molar-refractivity contribution in [1.82, 2.24) is 9.97 Å². The van der Waals surface area contributed by atoms with Gasteiger partial charge in [-0.1, -0.05) is 115 Å². The molecule has 0 N–H and O–H groups in total. The SMILES string of the molecule is [2H]C1([2H])CCC([2H])([2H])c2c1ccnc2-c1[c-]ccc2c1oc1cc(-c3ccccc3)ccc12.[2H]C1(c2cc(-c3[c-]cccc3)ncc2[Si](C)(C)C)CCCCC1.[Ir]. The summed E-state index contributed by atoms with van der Waals surface area (Å²) in [6.07, 6.45) is 6.12. The summed E-state index contributed by atoms with van der Waals surface area (Å²) in [4.78, 5) is 9.23. The molecule has 3 heterocycles. The van der Waals surface area contributed by atoms with Gasteiger partial charge in [-0.25, -0.2) is 0 Å². The molecule has 3 aromatic heterocycles. The minimum absolute atomic E-state index is 0. The molecule has 1 fully saturated rings. The molecule has 3 nitrogen and oxygen atoms in total. The summed E-state index contributed by atoms with van der Waals surface area (Å²) >= 11 is 0. The average molecular weight is 880 g/mol. The number of furan rings is 1. The molecule has 1 saturated carbocycles. The molecular weight excluding hydrogens is 829 g/mol. The van der Waals surface area contributed by atoms with Crippen LogP contribution in [0, 0.1) is 12.1 Å². The summed E-state index contributed by atoms with van der Waals surface area (Å²) in [5.41, 5.74) is 8.29. The fourth-order valence-electron chi connectivity index (χ4n) is 7.38. The number of pyridine rings is 2. The van der Waals surface area contributed by atoms with Crippen LogP contribution in [0.1, 0.15) is 74.4 Å². The van der Waals surface area contributed by atoms with Gasteiger partial charge in [-0.15, -0.1) is 54.1 Å². The molecular formula is C47H46IrN2OSi-2. The van der Waals surface area contributed by atoms with Crippen molar-refractivity contribution in [2.75, 3.05) is 0 Å². The molecule has 0 amide bonds. The zero-order valence-electron chi connectivity index (χ0n) is 35.0. The molecule has 0 bridgehead atoms. The van der Waals surface area contributed by atoms with Crippen molar-refractivity contribution in [3.63, 3.8) is 0 Å². The zero-order valence-corrected chi connectivity index (χ0v) is 33.4. The van der Waals surface area contributed by atoms with Gasteiger partial charge in [-0.2, -0.15) is 0 Å². The van der Waals surface area contributed by atoms with Crippen LogP contribution in [0.3, 0.4) is 0 Å². The molecule has 5 heteroatoms. The second-order valence-corrected chi connectivity index (χ2v) is 19.6. The van der Waals surface area contributed by atoms with Crippen LogP contribution < -0.4 is 5.19 Å². The maximum absolute atomic E-state index is 9.13. The topological polar surface area (TPSA) is 38.9 Å². The fourth-order valence-corrected chi connectivity index (χ4v) is 8.89. The standard InChI is InChI=1S/C27H20NO.C20H26NSi.Ir/c1-2-7-18(8-3-1)20-13-14-22-23-11-6-12-24(27(23)29-25(22)17-20)26-21-10-5-4-9-19(21)15-16-28-26;1-22(2,3)20-15-21-19(17-12-8-5-9-13-17)14-18(20)16-10-6-4-7-11-16;/h1-3,6-8,11,13-17H,4-5,9-10H2;5,8-9,12,14-16H,4,6-7,10-11H2,1-3H3;/q2*-1;/i9D2,10D2;16D;. The van der Waals surface area contributed by atoms with E-state index in [1.807, 2.05) is 54.6 Å². The van der Waals surface area contributed by atoms with Crippen molar-refractivity contribution < 1.29 is 31.4 Å². The maximum atomic E-state index is 9.13. The molecule has 0 saturated heterocycles. The smallest absolute Gasteiger partial charge is 0.121 e. The third-order valence-corrected chi connectivity index (χ3v) is 12.0. The Morgan fingerprint density at radius 1 is 0.769 bits per heavy atom. The molecule has 4 aromatic carbocycles. The molecule has 1 radical (unpaired) electrons. The van der Waals surface area contributed by atoms with Crippen LogP contribution in [0.4, 0.5) is 0 Å². The normalized spacial score (nSPS) is 18.6. The molecule has 0 spiro atoms. The van der Waals surface area contributed by atoms with Crippen molar-refractivity contribution in [2.24, 2.45) is 0 Å². The number of rotatable bonds is 5. The third-order valence-electron chi connectivity index (χ3n) is 10.0. The molecule has 7 aromatic rings. The number of hydrogen-bond donors (Lipinski definition) is 0. The molecule has 0 aliphatic heterocycles. The summed E-state index contributed by atoms with van der Waals surface area (Å²) in [5.74, 6) is -0.430. The van der Waals surface area contributed by atoms with Crippen molar-refractivity contribution >= 4 is 35.2 Å². The number of aryl methyl sites for hydroxylation is 1. The van der Waals surface area contributed by atoms with Gasteiger partial charge in [0.25, 0.3) is 0 Å². The predicted octanol–water partition coefficient (Wildman–Crippen LogP) is 12.1. The van der Waals surface area contributed by atoms with Gasteiger partial charge in [0, 0.05) is 44.7 Å². The van der Waals surface area contributed by atoms with E-state index in [0.29, 0.717) is 28.0 Å². The molecule has 2 aliphatic rings. The van der Waals surface area contributed by atoms with Crippen LogP contribution >= 0.6 is 0 Å². The van der Waals surface area contributed by atoms with Gasteiger partial charge >= 0.3 is 0 Å². The Labute approximate surface area is 330 Å². The van der Waals surface area contributed by atoms with E-state index >= 15 is 0 Å². The minimum Gasteiger partial charge on any atom is -0.501 e. The number of benzene rings is 4. The molecule has 2 aliphatic carbocycles. The van der Waals surface area contributed by atoms with Gasteiger partial charge in [0.15, 0.2) is 0 Å². The second kappa shape index (κ2) is 15.8. The van der Waals surface area contributed by atoms with Crippen molar-refractivity contribution in [2.45, 2.75) is 83.2 Å². The van der Waals surface area contributed by atoms with Crippen molar-refractivity contribution in [3.8, 4) is 33.6 Å². The van der Waals surface area contributed by atoms with Crippen LogP contribution in [0.25, 0.3) is 55.6 Å². The number of hydrogen-bond acceptors (Lipinski definition) is 3. The van der Waals surface area contributed by atoms with Crippen LogP contribution in [0.2, 0.25) is 19.6 Å². The van der Waals surface area contributed by atoms with Crippen LogP contribution in [-0.2, 0) is 32.9 Å². The van der Waals surface area contributed by atoms with E-state index in [1.165, 1.54) is 30.0 Å². The van der Waals surface area contributed by atoms with Crippen molar-refractivity contribution in [1.29, 1.82) is 0 Å². The molecule has 52 heavy (non-hydrogen) atoms. The number of nitrogens with zero attached hydrogens (tertiary/aromatic N) is 2. The van der Waals surface area contributed by atoms with Crippen molar-refractivity contribution in [3.05, 3.63) is 138 Å². The number of aromatic nitrogens is 2. The van der Waals surface area contributed by atoms with Crippen LogP contribution in [0.15, 0.2) is 114 Å². The van der Waals surface area contributed by atoms with E-state index in [-0.39, 0.29) is 32.9 Å². The first kappa shape index (κ1) is 30.3. The van der Waals surface area contributed by atoms with E-state index < -0.39 is 26.7 Å². The average Bonchev–Trinajstić information content (AvgIpc) is 3.58. The quantitative estimate of drug-likeness (QED) is 0.128. The van der Waals surface area contributed by atoms with Gasteiger partial charge in [0.05, 0.1) is 13.7 Å². The second-order valence-electron chi connectivity index (χ2n) is 14.5. The van der Waals surface area contributed by atoms with E-state index in [4.69, 9.17) is 16.3 Å². The minimum atomic E-state index is -1.69. The zero-order chi connectivity index (χ0) is 39.3. The first-order valence-electron chi connectivity index (χ1n) is 20.7. The van der Waals surface area contributed by atoms with Gasteiger partial charge in [-0.3, -0.25) is 0 Å². The summed E-state index contributed by atoms with van der Waals surface area (Å²) in [6.45, 7) is 7.07. The van der Waals surface area contributed by atoms with Crippen LogP contribution in [-0.4, -0.2) is 18.0 Å². The summed E-state index contributed by atoms with van der Waals surface area (Å²) in [5, 5.41) is 3.22. The van der Waals surface area contributed by atoms with Gasteiger partial charge in [0.1, 0.15) is 5.58 Å².